The largest absolute Gasteiger partial charge is 0.398 e. The predicted octanol–water partition coefficient (Wildman–Crippen LogP) is 3.04. The lowest BCUT2D eigenvalue weighted by atomic mass is 10.2. The second-order valence-electron chi connectivity index (χ2n) is 4.06. The molecule has 0 spiro atoms. The number of hydrogen-bond acceptors (Lipinski definition) is 3. The maximum absolute atomic E-state index is 12.9. The van der Waals surface area contributed by atoms with Crippen LogP contribution in [0.5, 0.6) is 0 Å². The van der Waals surface area contributed by atoms with Gasteiger partial charge in [-0.1, -0.05) is 23.7 Å². The van der Waals surface area contributed by atoms with Crippen molar-refractivity contribution >= 4 is 27.1 Å². The molecule has 6 heteroatoms. The van der Waals surface area contributed by atoms with Crippen molar-refractivity contribution < 1.29 is 12.8 Å². The molecule has 100 valence electrons. The number of nitrogens with two attached hydrogens (primary N) is 1. The van der Waals surface area contributed by atoms with Crippen LogP contribution in [0.4, 0.5) is 10.1 Å². The molecule has 0 aliphatic heterocycles. The highest BCUT2D eigenvalue weighted by Crippen LogP contribution is 2.23. The highest BCUT2D eigenvalue weighted by molar-refractivity contribution is 7.90. The highest BCUT2D eigenvalue weighted by Gasteiger charge is 2.17. The molecule has 2 rings (SSSR count). The molecule has 0 saturated carbocycles. The smallest absolute Gasteiger partial charge is 0.182 e. The second kappa shape index (κ2) is 5.19. The molecule has 0 fully saturated rings. The Morgan fingerprint density at radius 3 is 2.53 bits per heavy atom. The summed E-state index contributed by atoms with van der Waals surface area (Å²) in [6.45, 7) is 0. The van der Waals surface area contributed by atoms with Crippen molar-refractivity contribution in [2.24, 2.45) is 0 Å². The van der Waals surface area contributed by atoms with E-state index in [9.17, 15) is 12.8 Å². The van der Waals surface area contributed by atoms with Gasteiger partial charge in [-0.05, 0) is 35.9 Å². The van der Waals surface area contributed by atoms with Crippen LogP contribution in [-0.4, -0.2) is 8.42 Å². The molecular formula is C13H11ClFNO2S. The molecule has 3 nitrogen and oxygen atoms in total. The average Bonchev–Trinajstić information content (AvgIpc) is 2.33. The standard InChI is InChI=1S/C13H11ClFNO2S/c14-10-2-1-3-12(6-10)19(17,18)8-9-4-5-11(15)7-13(9)16/h1-7H,8,16H2. The molecule has 0 amide bonds. The molecule has 0 radical (unpaired) electrons. The van der Waals surface area contributed by atoms with Crippen LogP contribution in [0.2, 0.25) is 5.02 Å². The Bertz CT molecular complexity index is 716. The van der Waals surface area contributed by atoms with E-state index in [2.05, 4.69) is 0 Å². The first-order valence-corrected chi connectivity index (χ1v) is 7.44. The zero-order valence-corrected chi connectivity index (χ0v) is 11.4. The van der Waals surface area contributed by atoms with Gasteiger partial charge in [0, 0.05) is 10.7 Å². The van der Waals surface area contributed by atoms with E-state index in [4.69, 9.17) is 17.3 Å². The highest BCUT2D eigenvalue weighted by atomic mass is 35.5. The van der Waals surface area contributed by atoms with Gasteiger partial charge in [-0.3, -0.25) is 0 Å². The van der Waals surface area contributed by atoms with E-state index in [0.717, 1.165) is 6.07 Å². The van der Waals surface area contributed by atoms with Gasteiger partial charge in [0.2, 0.25) is 0 Å². The topological polar surface area (TPSA) is 60.2 Å². The molecule has 19 heavy (non-hydrogen) atoms. The van der Waals surface area contributed by atoms with Gasteiger partial charge < -0.3 is 5.73 Å². The fourth-order valence-electron chi connectivity index (χ4n) is 1.65. The van der Waals surface area contributed by atoms with Gasteiger partial charge in [-0.2, -0.15) is 0 Å². The second-order valence-corrected chi connectivity index (χ2v) is 6.49. The fourth-order valence-corrected chi connectivity index (χ4v) is 3.33. The number of benzene rings is 2. The molecular weight excluding hydrogens is 289 g/mol. The third kappa shape index (κ3) is 3.24. The van der Waals surface area contributed by atoms with Crippen molar-refractivity contribution in [3.63, 3.8) is 0 Å². The van der Waals surface area contributed by atoms with Crippen LogP contribution in [0.1, 0.15) is 5.56 Å². The first-order valence-electron chi connectivity index (χ1n) is 5.41. The van der Waals surface area contributed by atoms with E-state index in [-0.39, 0.29) is 16.3 Å². The fraction of sp³-hybridized carbons (Fsp3) is 0.0769. The van der Waals surface area contributed by atoms with Crippen molar-refractivity contribution in [2.75, 3.05) is 5.73 Å². The summed E-state index contributed by atoms with van der Waals surface area (Å²) in [6.07, 6.45) is 0. The molecule has 0 aromatic heterocycles. The minimum absolute atomic E-state index is 0.115. The Labute approximate surface area is 115 Å². The molecule has 0 heterocycles. The molecule has 2 aromatic carbocycles. The normalized spacial score (nSPS) is 11.5. The van der Waals surface area contributed by atoms with Crippen LogP contribution < -0.4 is 5.73 Å². The van der Waals surface area contributed by atoms with Gasteiger partial charge in [0.05, 0.1) is 10.6 Å². The lowest BCUT2D eigenvalue weighted by Crippen LogP contribution is -2.07. The van der Waals surface area contributed by atoms with Gasteiger partial charge in [-0.25, -0.2) is 12.8 Å². The maximum Gasteiger partial charge on any atom is 0.182 e. The molecule has 0 atom stereocenters. The number of hydrogen-bond donors (Lipinski definition) is 1. The quantitative estimate of drug-likeness (QED) is 0.886. The summed E-state index contributed by atoms with van der Waals surface area (Å²) >= 11 is 5.77. The number of sulfone groups is 1. The predicted molar refractivity (Wildman–Crippen MR) is 73.2 cm³/mol. The molecule has 2 N–H and O–H groups in total. The lowest BCUT2D eigenvalue weighted by molar-refractivity contribution is 0.595. The van der Waals surface area contributed by atoms with E-state index in [1.165, 1.54) is 24.3 Å². The van der Waals surface area contributed by atoms with Gasteiger partial charge in [-0.15, -0.1) is 0 Å². The van der Waals surface area contributed by atoms with Crippen molar-refractivity contribution in [2.45, 2.75) is 10.6 Å². The summed E-state index contributed by atoms with van der Waals surface area (Å²) in [5, 5.41) is 0.341. The monoisotopic (exact) mass is 299 g/mol. The van der Waals surface area contributed by atoms with Crippen LogP contribution in [0.15, 0.2) is 47.4 Å². The first kappa shape index (κ1) is 13.8. The summed E-state index contributed by atoms with van der Waals surface area (Å²) < 4.78 is 37.3. The molecule has 0 aliphatic carbocycles. The van der Waals surface area contributed by atoms with Gasteiger partial charge in [0.1, 0.15) is 5.82 Å². The molecule has 2 aromatic rings. The zero-order chi connectivity index (χ0) is 14.0. The van der Waals surface area contributed by atoms with Crippen LogP contribution in [0.3, 0.4) is 0 Å². The summed E-state index contributed by atoms with van der Waals surface area (Å²) in [5.74, 6) is -0.791. The number of nitrogen functional groups attached to an aromatic ring is 1. The van der Waals surface area contributed by atoms with Gasteiger partial charge in [0.25, 0.3) is 0 Å². The SMILES string of the molecule is Nc1cc(F)ccc1CS(=O)(=O)c1cccc(Cl)c1. The summed E-state index contributed by atoms with van der Waals surface area (Å²) in [5.41, 5.74) is 6.08. The van der Waals surface area contributed by atoms with Crippen LogP contribution in [-0.2, 0) is 15.6 Å². The van der Waals surface area contributed by atoms with E-state index >= 15 is 0 Å². The Morgan fingerprint density at radius 1 is 1.16 bits per heavy atom. The number of halogens is 2. The first-order chi connectivity index (χ1) is 8.88. The Kier molecular flexibility index (Phi) is 3.78. The Hall–Kier alpha value is -1.59. The van der Waals surface area contributed by atoms with Gasteiger partial charge in [0.15, 0.2) is 9.84 Å². The van der Waals surface area contributed by atoms with E-state index in [1.54, 1.807) is 12.1 Å². The van der Waals surface area contributed by atoms with E-state index in [0.29, 0.717) is 10.6 Å². The van der Waals surface area contributed by atoms with Crippen LogP contribution in [0, 0.1) is 5.82 Å². The van der Waals surface area contributed by atoms with E-state index in [1.807, 2.05) is 0 Å². The van der Waals surface area contributed by atoms with Crippen molar-refractivity contribution in [1.82, 2.24) is 0 Å². The maximum atomic E-state index is 12.9. The third-order valence-electron chi connectivity index (χ3n) is 2.61. The average molecular weight is 300 g/mol. The van der Waals surface area contributed by atoms with Crippen LogP contribution >= 0.6 is 11.6 Å². The van der Waals surface area contributed by atoms with E-state index < -0.39 is 15.7 Å². The molecule has 0 bridgehead atoms. The number of anilines is 1. The van der Waals surface area contributed by atoms with Crippen LogP contribution in [0.25, 0.3) is 0 Å². The Morgan fingerprint density at radius 2 is 1.89 bits per heavy atom. The third-order valence-corrected chi connectivity index (χ3v) is 4.51. The minimum Gasteiger partial charge on any atom is -0.398 e. The summed E-state index contributed by atoms with van der Waals surface area (Å²) in [7, 11) is -3.56. The Balaban J connectivity index is 2.36. The van der Waals surface area contributed by atoms with Crippen molar-refractivity contribution in [1.29, 1.82) is 0 Å². The lowest BCUT2D eigenvalue weighted by Gasteiger charge is -2.07. The molecule has 0 aliphatic rings. The van der Waals surface area contributed by atoms with Gasteiger partial charge >= 0.3 is 0 Å². The van der Waals surface area contributed by atoms with Crippen molar-refractivity contribution in [3.05, 3.63) is 58.9 Å². The van der Waals surface area contributed by atoms with Crippen molar-refractivity contribution in [3.8, 4) is 0 Å². The summed E-state index contributed by atoms with van der Waals surface area (Å²) in [6, 6.07) is 9.63. The minimum atomic E-state index is -3.56. The molecule has 0 unspecified atom stereocenters. The number of rotatable bonds is 3. The molecule has 0 saturated heterocycles. The summed E-state index contributed by atoms with van der Waals surface area (Å²) in [4.78, 5) is 0.115. The zero-order valence-electron chi connectivity index (χ0n) is 9.81.